The molecule has 1 fully saturated rings. The highest BCUT2D eigenvalue weighted by Gasteiger charge is 2.21. The van der Waals surface area contributed by atoms with Gasteiger partial charge in [0.25, 0.3) is 0 Å². The molecule has 0 saturated heterocycles. The molecular weight excluding hydrogens is 252 g/mol. The summed E-state index contributed by atoms with van der Waals surface area (Å²) >= 11 is 6.00. The van der Waals surface area contributed by atoms with Gasteiger partial charge in [-0.05, 0) is 25.7 Å². The number of rotatable bonds is 3. The minimum absolute atomic E-state index is 0.00844. The number of hydrogen-bond donors (Lipinski definition) is 0. The Morgan fingerprint density at radius 1 is 1.17 bits per heavy atom. The summed E-state index contributed by atoms with van der Waals surface area (Å²) in [6.07, 6.45) is 4.61. The van der Waals surface area contributed by atoms with Crippen molar-refractivity contribution >= 4 is 17.8 Å². The van der Waals surface area contributed by atoms with Gasteiger partial charge in [0.1, 0.15) is 6.10 Å². The molecule has 0 bridgehead atoms. The molecule has 18 heavy (non-hydrogen) atoms. The second kappa shape index (κ2) is 6.64. The Hall–Kier alpha value is -1.22. The monoisotopic (exact) mass is 268 g/mol. The third-order valence-electron chi connectivity index (χ3n) is 3.08. The average molecular weight is 269 g/mol. The highest BCUT2D eigenvalue weighted by atomic mass is 35.5. The van der Waals surface area contributed by atoms with Crippen molar-refractivity contribution in [2.75, 3.05) is 0 Å². The van der Waals surface area contributed by atoms with Crippen LogP contribution >= 0.6 is 11.6 Å². The molecule has 1 aromatic rings. The van der Waals surface area contributed by atoms with E-state index >= 15 is 0 Å². The highest BCUT2D eigenvalue weighted by molar-refractivity contribution is 6.20. The van der Waals surface area contributed by atoms with E-state index in [1.165, 1.54) is 6.42 Å². The van der Waals surface area contributed by atoms with Crippen LogP contribution in [0.1, 0.15) is 43.2 Å². The summed E-state index contributed by atoms with van der Waals surface area (Å²) in [5.41, 5.74) is -0.0398. The molecule has 1 saturated carbocycles. The van der Waals surface area contributed by atoms with Gasteiger partial charge in [-0.1, -0.05) is 48.4 Å². The van der Waals surface area contributed by atoms with E-state index < -0.39 is 11.7 Å². The third-order valence-corrected chi connectivity index (χ3v) is 3.42. The van der Waals surface area contributed by atoms with Gasteiger partial charge in [0.15, 0.2) is 0 Å². The topological polar surface area (TPSA) is 35.5 Å². The average Bonchev–Trinajstić information content (AvgIpc) is 2.40. The number of hydrogen-bond acceptors (Lipinski definition) is 3. The minimum atomic E-state index is -0.790. The standard InChI is InChI=1S/C14H17ClO3/c15-13(11-7-3-1-4-8-11)18-14(16)17-12-9-5-2-6-10-12/h1,3-4,7-8,12-13H,2,5-6,9-10H2. The maximum Gasteiger partial charge on any atom is 0.510 e. The SMILES string of the molecule is O=C(OC1CCCCC1)OC(Cl)c1ccccc1. The number of carbonyl (C=O) groups is 1. The number of ether oxygens (including phenoxy) is 2. The molecule has 1 aliphatic rings. The van der Waals surface area contributed by atoms with Gasteiger partial charge in [-0.25, -0.2) is 4.79 Å². The summed E-state index contributed by atoms with van der Waals surface area (Å²) in [6, 6.07) is 9.20. The maximum atomic E-state index is 11.6. The summed E-state index contributed by atoms with van der Waals surface area (Å²) in [5.74, 6) is 0. The molecule has 2 rings (SSSR count). The first-order valence-corrected chi connectivity index (χ1v) is 6.75. The molecule has 1 atom stereocenters. The van der Waals surface area contributed by atoms with Gasteiger partial charge in [-0.15, -0.1) is 0 Å². The zero-order valence-corrected chi connectivity index (χ0v) is 10.9. The van der Waals surface area contributed by atoms with Crippen LogP contribution in [-0.4, -0.2) is 12.3 Å². The van der Waals surface area contributed by atoms with Crippen molar-refractivity contribution in [3.8, 4) is 0 Å². The molecule has 0 aromatic heterocycles. The molecule has 1 aliphatic carbocycles. The van der Waals surface area contributed by atoms with E-state index in [2.05, 4.69) is 0 Å². The zero-order valence-electron chi connectivity index (χ0n) is 10.2. The van der Waals surface area contributed by atoms with Gasteiger partial charge in [0.05, 0.1) is 0 Å². The fraction of sp³-hybridized carbons (Fsp3) is 0.500. The van der Waals surface area contributed by atoms with Crippen LogP contribution in [0.4, 0.5) is 4.79 Å². The molecule has 0 heterocycles. The van der Waals surface area contributed by atoms with E-state index in [1.807, 2.05) is 30.3 Å². The molecule has 0 spiro atoms. The fourth-order valence-corrected chi connectivity index (χ4v) is 2.32. The molecule has 3 nitrogen and oxygen atoms in total. The Bertz CT molecular complexity index is 374. The lowest BCUT2D eigenvalue weighted by atomic mass is 9.98. The molecule has 0 amide bonds. The van der Waals surface area contributed by atoms with Crippen molar-refractivity contribution in [3.05, 3.63) is 35.9 Å². The Balaban J connectivity index is 1.80. The Morgan fingerprint density at radius 3 is 2.50 bits per heavy atom. The van der Waals surface area contributed by atoms with E-state index in [9.17, 15) is 4.79 Å². The molecule has 4 heteroatoms. The Morgan fingerprint density at radius 2 is 1.83 bits per heavy atom. The predicted molar refractivity (Wildman–Crippen MR) is 69.5 cm³/mol. The minimum Gasteiger partial charge on any atom is -0.431 e. The van der Waals surface area contributed by atoms with E-state index in [4.69, 9.17) is 21.1 Å². The smallest absolute Gasteiger partial charge is 0.431 e. The van der Waals surface area contributed by atoms with Crippen LogP contribution in [-0.2, 0) is 9.47 Å². The van der Waals surface area contributed by atoms with Crippen molar-refractivity contribution in [2.45, 2.75) is 43.8 Å². The van der Waals surface area contributed by atoms with Gasteiger partial charge in [-0.2, -0.15) is 0 Å². The van der Waals surface area contributed by atoms with E-state index in [0.717, 1.165) is 31.2 Å². The summed E-state index contributed by atoms with van der Waals surface area (Å²) in [4.78, 5) is 11.6. The van der Waals surface area contributed by atoms with Crippen molar-refractivity contribution in [3.63, 3.8) is 0 Å². The second-order valence-electron chi connectivity index (χ2n) is 4.47. The molecule has 0 aliphatic heterocycles. The summed E-state index contributed by atoms with van der Waals surface area (Å²) in [5, 5.41) is 0. The molecule has 98 valence electrons. The molecular formula is C14H17ClO3. The van der Waals surface area contributed by atoms with Gasteiger partial charge < -0.3 is 9.47 Å². The molecule has 0 N–H and O–H groups in total. The van der Waals surface area contributed by atoms with Crippen LogP contribution in [0.3, 0.4) is 0 Å². The van der Waals surface area contributed by atoms with Gasteiger partial charge in [-0.3, -0.25) is 0 Å². The number of carbonyl (C=O) groups excluding carboxylic acids is 1. The highest BCUT2D eigenvalue weighted by Crippen LogP contribution is 2.24. The lowest BCUT2D eigenvalue weighted by molar-refractivity contribution is 0.00424. The Kier molecular flexibility index (Phi) is 4.88. The van der Waals surface area contributed by atoms with Crippen LogP contribution in [0.15, 0.2) is 30.3 Å². The normalized spacial score (nSPS) is 18.1. The van der Waals surface area contributed by atoms with Gasteiger partial charge in [0.2, 0.25) is 5.56 Å². The van der Waals surface area contributed by atoms with Crippen LogP contribution in [0.5, 0.6) is 0 Å². The van der Waals surface area contributed by atoms with Crippen LogP contribution in [0.25, 0.3) is 0 Å². The summed E-state index contributed by atoms with van der Waals surface area (Å²) in [6.45, 7) is 0. The van der Waals surface area contributed by atoms with Crippen LogP contribution in [0, 0.1) is 0 Å². The van der Waals surface area contributed by atoms with E-state index in [1.54, 1.807) is 0 Å². The second-order valence-corrected chi connectivity index (χ2v) is 4.87. The van der Waals surface area contributed by atoms with Crippen molar-refractivity contribution in [2.24, 2.45) is 0 Å². The van der Waals surface area contributed by atoms with Gasteiger partial charge in [0, 0.05) is 5.56 Å². The lowest BCUT2D eigenvalue weighted by Gasteiger charge is -2.22. The molecule has 0 radical (unpaired) electrons. The van der Waals surface area contributed by atoms with Crippen LogP contribution in [0.2, 0.25) is 0 Å². The largest absolute Gasteiger partial charge is 0.510 e. The Labute approximate surface area is 112 Å². The predicted octanol–water partition coefficient (Wildman–Crippen LogP) is 4.41. The first-order chi connectivity index (χ1) is 8.75. The number of alkyl halides is 1. The van der Waals surface area contributed by atoms with Gasteiger partial charge >= 0.3 is 6.16 Å². The quantitative estimate of drug-likeness (QED) is 0.602. The van der Waals surface area contributed by atoms with Crippen molar-refractivity contribution < 1.29 is 14.3 Å². The zero-order chi connectivity index (χ0) is 12.8. The number of halogens is 1. The first kappa shape index (κ1) is 13.2. The summed E-state index contributed by atoms with van der Waals surface area (Å²) < 4.78 is 10.3. The van der Waals surface area contributed by atoms with E-state index in [0.29, 0.717) is 0 Å². The lowest BCUT2D eigenvalue weighted by Crippen LogP contribution is -2.21. The van der Waals surface area contributed by atoms with E-state index in [-0.39, 0.29) is 6.10 Å². The summed E-state index contributed by atoms with van der Waals surface area (Å²) in [7, 11) is 0. The maximum absolute atomic E-state index is 11.6. The first-order valence-electron chi connectivity index (χ1n) is 6.32. The van der Waals surface area contributed by atoms with Crippen molar-refractivity contribution in [1.29, 1.82) is 0 Å². The molecule has 1 unspecified atom stereocenters. The third kappa shape index (κ3) is 3.91. The van der Waals surface area contributed by atoms with Crippen molar-refractivity contribution in [1.82, 2.24) is 0 Å². The number of benzene rings is 1. The molecule has 1 aromatic carbocycles. The fourth-order valence-electron chi connectivity index (χ4n) is 2.10. The van der Waals surface area contributed by atoms with Crippen LogP contribution < -0.4 is 0 Å².